The van der Waals surface area contributed by atoms with E-state index in [1.165, 1.54) is 35.0 Å². The van der Waals surface area contributed by atoms with Crippen molar-refractivity contribution in [3.05, 3.63) is 35.5 Å². The molecule has 1 heterocycles. The summed E-state index contributed by atoms with van der Waals surface area (Å²) in [4.78, 5) is 3.41. The van der Waals surface area contributed by atoms with Crippen molar-refractivity contribution in [1.29, 1.82) is 0 Å². The van der Waals surface area contributed by atoms with Crippen LogP contribution < -0.4 is 0 Å². The standard InChI is InChI=1S/C12H15N/c1-3-6-10-9(2)13-12-8-5-4-7-11(10)12/h4-5,7-8,13H,3,6H2,1-2H3. The Kier molecular flexibility index (Phi) is 2.09. The Morgan fingerprint density at radius 1 is 1.23 bits per heavy atom. The number of aromatic nitrogens is 1. The van der Waals surface area contributed by atoms with Gasteiger partial charge in [0.05, 0.1) is 0 Å². The molecular weight excluding hydrogens is 158 g/mol. The van der Waals surface area contributed by atoms with E-state index in [9.17, 15) is 0 Å². The van der Waals surface area contributed by atoms with Crippen LogP contribution in [0.25, 0.3) is 10.9 Å². The molecule has 0 bridgehead atoms. The van der Waals surface area contributed by atoms with Crippen LogP contribution in [0, 0.1) is 6.92 Å². The van der Waals surface area contributed by atoms with E-state index in [-0.39, 0.29) is 0 Å². The number of nitrogens with one attached hydrogen (secondary N) is 1. The summed E-state index contributed by atoms with van der Waals surface area (Å²) in [6.07, 6.45) is 2.39. The number of aromatic amines is 1. The summed E-state index contributed by atoms with van der Waals surface area (Å²) in [7, 11) is 0. The van der Waals surface area contributed by atoms with Gasteiger partial charge < -0.3 is 4.98 Å². The zero-order valence-electron chi connectivity index (χ0n) is 8.22. The zero-order valence-corrected chi connectivity index (χ0v) is 8.22. The summed E-state index contributed by atoms with van der Waals surface area (Å²) in [5.41, 5.74) is 4.07. The number of para-hydroxylation sites is 1. The van der Waals surface area contributed by atoms with Gasteiger partial charge in [0, 0.05) is 16.6 Å². The molecule has 2 aromatic rings. The van der Waals surface area contributed by atoms with Crippen LogP contribution in [0.3, 0.4) is 0 Å². The lowest BCUT2D eigenvalue weighted by Gasteiger charge is -1.96. The highest BCUT2D eigenvalue weighted by molar-refractivity contribution is 5.84. The van der Waals surface area contributed by atoms with Crippen molar-refractivity contribution in [1.82, 2.24) is 4.98 Å². The highest BCUT2D eigenvalue weighted by Gasteiger charge is 2.05. The minimum atomic E-state index is 1.18. The van der Waals surface area contributed by atoms with E-state index in [1.54, 1.807) is 0 Å². The van der Waals surface area contributed by atoms with Crippen LogP contribution in [0.4, 0.5) is 0 Å². The van der Waals surface area contributed by atoms with E-state index in [2.05, 4.69) is 43.1 Å². The SMILES string of the molecule is CCCc1c(C)[nH]c2ccccc12. The van der Waals surface area contributed by atoms with Crippen LogP contribution in [0.2, 0.25) is 0 Å². The Morgan fingerprint density at radius 3 is 2.77 bits per heavy atom. The lowest BCUT2D eigenvalue weighted by atomic mass is 10.1. The highest BCUT2D eigenvalue weighted by atomic mass is 14.7. The van der Waals surface area contributed by atoms with Gasteiger partial charge in [0.1, 0.15) is 0 Å². The Labute approximate surface area is 78.8 Å². The first-order valence-electron chi connectivity index (χ1n) is 4.89. The summed E-state index contributed by atoms with van der Waals surface area (Å²) in [5, 5.41) is 1.39. The fourth-order valence-corrected chi connectivity index (χ4v) is 1.91. The molecule has 0 fully saturated rings. The Hall–Kier alpha value is -1.24. The topological polar surface area (TPSA) is 15.8 Å². The highest BCUT2D eigenvalue weighted by Crippen LogP contribution is 2.22. The molecule has 1 nitrogen and oxygen atoms in total. The predicted octanol–water partition coefficient (Wildman–Crippen LogP) is 3.43. The van der Waals surface area contributed by atoms with Crippen molar-refractivity contribution < 1.29 is 0 Å². The zero-order chi connectivity index (χ0) is 9.26. The van der Waals surface area contributed by atoms with Gasteiger partial charge in [-0.25, -0.2) is 0 Å². The maximum Gasteiger partial charge on any atom is 0.0458 e. The average Bonchev–Trinajstić information content (AvgIpc) is 2.44. The molecule has 13 heavy (non-hydrogen) atoms. The molecule has 1 heteroatoms. The number of hydrogen-bond acceptors (Lipinski definition) is 0. The molecule has 0 amide bonds. The first-order chi connectivity index (χ1) is 6.33. The van der Waals surface area contributed by atoms with Crippen LogP contribution in [-0.4, -0.2) is 4.98 Å². The van der Waals surface area contributed by atoms with Gasteiger partial charge in [0.15, 0.2) is 0 Å². The smallest absolute Gasteiger partial charge is 0.0458 e. The van der Waals surface area contributed by atoms with Crippen molar-refractivity contribution in [2.24, 2.45) is 0 Å². The molecule has 1 N–H and O–H groups in total. The molecule has 68 valence electrons. The molecule has 1 aromatic carbocycles. The van der Waals surface area contributed by atoms with Crippen LogP contribution >= 0.6 is 0 Å². The molecule has 0 saturated heterocycles. The monoisotopic (exact) mass is 173 g/mol. The quantitative estimate of drug-likeness (QED) is 0.716. The van der Waals surface area contributed by atoms with Gasteiger partial charge in [-0.1, -0.05) is 31.5 Å². The van der Waals surface area contributed by atoms with Crippen LogP contribution in [0.5, 0.6) is 0 Å². The number of H-pyrrole nitrogens is 1. The second-order valence-electron chi connectivity index (χ2n) is 3.52. The first kappa shape index (κ1) is 8.36. The van der Waals surface area contributed by atoms with Crippen molar-refractivity contribution in [2.45, 2.75) is 26.7 Å². The fraction of sp³-hybridized carbons (Fsp3) is 0.333. The summed E-state index contributed by atoms with van der Waals surface area (Å²) in [6.45, 7) is 4.38. The molecule has 0 saturated carbocycles. The normalized spacial score (nSPS) is 10.9. The van der Waals surface area contributed by atoms with E-state index in [0.29, 0.717) is 0 Å². The summed E-state index contributed by atoms with van der Waals surface area (Å²) in [5.74, 6) is 0. The summed E-state index contributed by atoms with van der Waals surface area (Å²) < 4.78 is 0. The summed E-state index contributed by atoms with van der Waals surface area (Å²) >= 11 is 0. The van der Waals surface area contributed by atoms with Gasteiger partial charge in [-0.2, -0.15) is 0 Å². The van der Waals surface area contributed by atoms with Crippen molar-refractivity contribution in [3.8, 4) is 0 Å². The maximum atomic E-state index is 3.41. The molecule has 0 unspecified atom stereocenters. The van der Waals surface area contributed by atoms with E-state index >= 15 is 0 Å². The minimum absolute atomic E-state index is 1.18. The van der Waals surface area contributed by atoms with Gasteiger partial charge in [-0.05, 0) is 25.0 Å². The van der Waals surface area contributed by atoms with Crippen molar-refractivity contribution >= 4 is 10.9 Å². The second-order valence-corrected chi connectivity index (χ2v) is 3.52. The lowest BCUT2D eigenvalue weighted by molar-refractivity contribution is 0.918. The van der Waals surface area contributed by atoms with Crippen LogP contribution in [0.15, 0.2) is 24.3 Å². The molecule has 1 aromatic heterocycles. The third-order valence-corrected chi connectivity index (χ3v) is 2.53. The van der Waals surface area contributed by atoms with Crippen molar-refractivity contribution in [3.63, 3.8) is 0 Å². The molecular formula is C12H15N. The van der Waals surface area contributed by atoms with Crippen LogP contribution in [-0.2, 0) is 6.42 Å². The van der Waals surface area contributed by atoms with Gasteiger partial charge in [0.25, 0.3) is 0 Å². The third-order valence-electron chi connectivity index (χ3n) is 2.53. The number of benzene rings is 1. The predicted molar refractivity (Wildman–Crippen MR) is 57.0 cm³/mol. The molecule has 0 aliphatic rings. The second kappa shape index (κ2) is 3.25. The number of aryl methyl sites for hydroxylation is 2. The average molecular weight is 173 g/mol. The minimum Gasteiger partial charge on any atom is -0.358 e. The molecule has 0 atom stereocenters. The number of fused-ring (bicyclic) bond motifs is 1. The van der Waals surface area contributed by atoms with E-state index < -0.39 is 0 Å². The Morgan fingerprint density at radius 2 is 2.00 bits per heavy atom. The molecule has 0 radical (unpaired) electrons. The molecule has 0 aliphatic heterocycles. The molecule has 0 spiro atoms. The fourth-order valence-electron chi connectivity index (χ4n) is 1.91. The molecule has 0 aliphatic carbocycles. The number of rotatable bonds is 2. The van der Waals surface area contributed by atoms with Crippen molar-refractivity contribution in [2.75, 3.05) is 0 Å². The molecule has 2 rings (SSSR count). The van der Waals surface area contributed by atoms with Gasteiger partial charge in [0.2, 0.25) is 0 Å². The third kappa shape index (κ3) is 1.35. The van der Waals surface area contributed by atoms with E-state index in [4.69, 9.17) is 0 Å². The summed E-state index contributed by atoms with van der Waals surface area (Å²) in [6, 6.07) is 8.52. The first-order valence-corrected chi connectivity index (χ1v) is 4.89. The van der Waals surface area contributed by atoms with Gasteiger partial charge in [-0.15, -0.1) is 0 Å². The van der Waals surface area contributed by atoms with E-state index in [1.807, 2.05) is 0 Å². The Bertz CT molecular complexity index is 412. The van der Waals surface area contributed by atoms with E-state index in [0.717, 1.165) is 0 Å². The van der Waals surface area contributed by atoms with Crippen LogP contribution in [0.1, 0.15) is 24.6 Å². The van der Waals surface area contributed by atoms with Gasteiger partial charge in [-0.3, -0.25) is 0 Å². The number of hydrogen-bond donors (Lipinski definition) is 1. The van der Waals surface area contributed by atoms with Gasteiger partial charge >= 0.3 is 0 Å². The maximum absolute atomic E-state index is 3.41. The largest absolute Gasteiger partial charge is 0.358 e. The Balaban J connectivity index is 2.64. The lowest BCUT2D eigenvalue weighted by Crippen LogP contribution is -1.83.